The Kier molecular flexibility index (Phi) is 6.87. The standard InChI is InChI=1S/C37H44/c1-24-18-26(3)35(21-28-10-6-5-7-11-28)37(19-24)33-15-9-14-31-20-29(23-36(31)33)22-34-25(2)16-17-32(27(34)4)30-12-8-13-30/h9,14-20,28,30,32,34H,2,4-8,10-13,21-23H2,1,3H3. The summed E-state index contributed by atoms with van der Waals surface area (Å²) < 4.78 is 0. The van der Waals surface area contributed by atoms with E-state index in [0.29, 0.717) is 11.8 Å². The molecule has 192 valence electrons. The van der Waals surface area contributed by atoms with Gasteiger partial charge in [0.1, 0.15) is 0 Å². The summed E-state index contributed by atoms with van der Waals surface area (Å²) in [4.78, 5) is 0. The molecule has 0 N–H and O–H groups in total. The van der Waals surface area contributed by atoms with Gasteiger partial charge in [-0.15, -0.1) is 0 Å². The second kappa shape index (κ2) is 10.3. The molecule has 37 heavy (non-hydrogen) atoms. The summed E-state index contributed by atoms with van der Waals surface area (Å²) in [7, 11) is 0. The van der Waals surface area contributed by atoms with Gasteiger partial charge in [-0.25, -0.2) is 0 Å². The van der Waals surface area contributed by atoms with Gasteiger partial charge >= 0.3 is 0 Å². The highest BCUT2D eigenvalue weighted by Crippen LogP contribution is 2.47. The minimum atomic E-state index is 0.391. The lowest BCUT2D eigenvalue weighted by Crippen LogP contribution is -2.27. The molecular formula is C37H44. The Morgan fingerprint density at radius 1 is 0.865 bits per heavy atom. The lowest BCUT2D eigenvalue weighted by atomic mass is 9.66. The zero-order valence-electron chi connectivity index (χ0n) is 23.1. The van der Waals surface area contributed by atoms with Gasteiger partial charge in [-0.2, -0.15) is 0 Å². The van der Waals surface area contributed by atoms with Crippen LogP contribution in [0.2, 0.25) is 0 Å². The molecule has 0 heterocycles. The normalized spacial score (nSPS) is 24.2. The molecule has 2 fully saturated rings. The van der Waals surface area contributed by atoms with Crippen LogP contribution in [0.3, 0.4) is 0 Å². The molecule has 2 atom stereocenters. The number of allylic oxidation sites excluding steroid dienone is 5. The lowest BCUT2D eigenvalue weighted by molar-refractivity contribution is 0.255. The topological polar surface area (TPSA) is 0 Å². The van der Waals surface area contributed by atoms with Crippen molar-refractivity contribution in [2.45, 2.75) is 84.5 Å². The van der Waals surface area contributed by atoms with Gasteiger partial charge in [-0.3, -0.25) is 0 Å². The van der Waals surface area contributed by atoms with E-state index in [1.165, 1.54) is 102 Å². The van der Waals surface area contributed by atoms with Crippen LogP contribution < -0.4 is 0 Å². The van der Waals surface area contributed by atoms with Gasteiger partial charge in [0.05, 0.1) is 0 Å². The molecule has 0 nitrogen and oxygen atoms in total. The first kappa shape index (κ1) is 24.7. The van der Waals surface area contributed by atoms with Crippen molar-refractivity contribution in [3.05, 3.63) is 100 Å². The van der Waals surface area contributed by atoms with Gasteiger partial charge in [0.2, 0.25) is 0 Å². The van der Waals surface area contributed by atoms with E-state index in [0.717, 1.165) is 24.7 Å². The van der Waals surface area contributed by atoms with Crippen LogP contribution in [-0.2, 0) is 12.8 Å². The molecule has 6 rings (SSSR count). The third-order valence-electron chi connectivity index (χ3n) is 10.1. The molecular weight excluding hydrogens is 444 g/mol. The number of aryl methyl sites for hydroxylation is 2. The smallest absolute Gasteiger partial charge is 0.00828 e. The van der Waals surface area contributed by atoms with E-state index < -0.39 is 0 Å². The van der Waals surface area contributed by atoms with Crippen LogP contribution in [0.5, 0.6) is 0 Å². The highest BCUT2D eigenvalue weighted by Gasteiger charge is 2.34. The zero-order chi connectivity index (χ0) is 25.5. The first-order valence-corrected chi connectivity index (χ1v) is 15.0. The summed E-state index contributed by atoms with van der Waals surface area (Å²) >= 11 is 0. The van der Waals surface area contributed by atoms with E-state index in [1.807, 2.05) is 0 Å². The maximum absolute atomic E-state index is 4.63. The number of hydrogen-bond acceptors (Lipinski definition) is 0. The molecule has 0 aliphatic heterocycles. The highest BCUT2D eigenvalue weighted by molar-refractivity contribution is 5.80. The van der Waals surface area contributed by atoms with Crippen LogP contribution in [0.15, 0.2) is 72.4 Å². The third kappa shape index (κ3) is 4.85. The van der Waals surface area contributed by atoms with Gasteiger partial charge in [0, 0.05) is 11.8 Å². The average Bonchev–Trinajstić information content (AvgIpc) is 3.27. The predicted octanol–water partition coefficient (Wildman–Crippen LogP) is 10.1. The maximum Gasteiger partial charge on any atom is 0.00828 e. The fourth-order valence-corrected chi connectivity index (χ4v) is 7.73. The molecule has 0 radical (unpaired) electrons. The third-order valence-corrected chi connectivity index (χ3v) is 10.1. The quantitative estimate of drug-likeness (QED) is 0.355. The minimum Gasteiger partial charge on any atom is -0.0986 e. The van der Waals surface area contributed by atoms with Crippen LogP contribution >= 0.6 is 0 Å². The molecule has 2 aromatic carbocycles. The summed E-state index contributed by atoms with van der Waals surface area (Å²) in [6.07, 6.45) is 21.7. The van der Waals surface area contributed by atoms with E-state index in [9.17, 15) is 0 Å². The maximum atomic E-state index is 4.63. The monoisotopic (exact) mass is 488 g/mol. The molecule has 2 unspecified atom stereocenters. The predicted molar refractivity (Wildman–Crippen MR) is 160 cm³/mol. The Hall–Kier alpha value is -2.60. The van der Waals surface area contributed by atoms with E-state index >= 15 is 0 Å². The second-order valence-corrected chi connectivity index (χ2v) is 12.7. The zero-order valence-corrected chi connectivity index (χ0v) is 23.1. The van der Waals surface area contributed by atoms with Gasteiger partial charge in [-0.05, 0) is 96.7 Å². The van der Waals surface area contributed by atoms with Crippen LogP contribution in [0.4, 0.5) is 0 Å². The van der Waals surface area contributed by atoms with Gasteiger partial charge < -0.3 is 0 Å². The van der Waals surface area contributed by atoms with Gasteiger partial charge in [0.25, 0.3) is 0 Å². The average molecular weight is 489 g/mol. The van der Waals surface area contributed by atoms with Crippen LogP contribution in [-0.4, -0.2) is 0 Å². The van der Waals surface area contributed by atoms with Crippen molar-refractivity contribution in [3.8, 4) is 11.1 Å². The minimum absolute atomic E-state index is 0.391. The van der Waals surface area contributed by atoms with Crippen molar-refractivity contribution in [1.82, 2.24) is 0 Å². The van der Waals surface area contributed by atoms with Crippen molar-refractivity contribution in [2.75, 3.05) is 0 Å². The lowest BCUT2D eigenvalue weighted by Gasteiger charge is -2.39. The van der Waals surface area contributed by atoms with E-state index in [1.54, 1.807) is 11.1 Å². The Morgan fingerprint density at radius 3 is 2.43 bits per heavy atom. The van der Waals surface area contributed by atoms with Crippen LogP contribution in [0, 0.1) is 37.5 Å². The Morgan fingerprint density at radius 2 is 1.68 bits per heavy atom. The molecule has 0 bridgehead atoms. The van der Waals surface area contributed by atoms with Gasteiger partial charge in [0.15, 0.2) is 0 Å². The molecule has 4 aliphatic rings. The van der Waals surface area contributed by atoms with Crippen molar-refractivity contribution >= 4 is 6.08 Å². The summed E-state index contributed by atoms with van der Waals surface area (Å²) in [5.41, 5.74) is 14.6. The Labute approximate surface area is 225 Å². The summed E-state index contributed by atoms with van der Waals surface area (Å²) in [6, 6.07) is 11.9. The van der Waals surface area contributed by atoms with E-state index in [-0.39, 0.29) is 0 Å². The largest absolute Gasteiger partial charge is 0.0986 e. The molecule has 0 spiro atoms. The fraction of sp³-hybridized carbons (Fsp3) is 0.459. The molecule has 0 saturated heterocycles. The molecule has 0 amide bonds. The van der Waals surface area contributed by atoms with Crippen molar-refractivity contribution in [3.63, 3.8) is 0 Å². The second-order valence-electron chi connectivity index (χ2n) is 12.7. The van der Waals surface area contributed by atoms with Gasteiger partial charge in [-0.1, -0.05) is 117 Å². The number of hydrogen-bond donors (Lipinski definition) is 0. The molecule has 2 aromatic rings. The SMILES string of the molecule is C=C1C=CC(C2CCC2)C(=C)C1CC1=Cc2cccc(-c3cc(C)cc(C)c3CC3CCCCC3)c2C1. The summed E-state index contributed by atoms with van der Waals surface area (Å²) in [5.74, 6) is 2.61. The molecule has 4 aliphatic carbocycles. The Bertz CT molecular complexity index is 1270. The summed E-state index contributed by atoms with van der Waals surface area (Å²) in [5, 5.41) is 0. The number of fused-ring (bicyclic) bond motifs is 1. The van der Waals surface area contributed by atoms with E-state index in [2.05, 4.69) is 75.6 Å². The fourth-order valence-electron chi connectivity index (χ4n) is 7.73. The molecule has 0 aromatic heterocycles. The molecule has 0 heteroatoms. The van der Waals surface area contributed by atoms with Crippen LogP contribution in [0.1, 0.15) is 85.6 Å². The summed E-state index contributed by atoms with van der Waals surface area (Å²) in [6.45, 7) is 13.7. The van der Waals surface area contributed by atoms with Crippen LogP contribution in [0.25, 0.3) is 17.2 Å². The highest BCUT2D eigenvalue weighted by atomic mass is 14.4. The molecule has 2 saturated carbocycles. The first-order valence-electron chi connectivity index (χ1n) is 15.0. The van der Waals surface area contributed by atoms with Crippen molar-refractivity contribution in [1.29, 1.82) is 0 Å². The van der Waals surface area contributed by atoms with Crippen molar-refractivity contribution < 1.29 is 0 Å². The number of benzene rings is 2. The van der Waals surface area contributed by atoms with Crippen molar-refractivity contribution in [2.24, 2.45) is 23.7 Å². The van der Waals surface area contributed by atoms with E-state index in [4.69, 9.17) is 0 Å². The Balaban J connectivity index is 1.27. The number of rotatable bonds is 6. The first-order chi connectivity index (χ1) is 18.0.